The molecule has 0 bridgehead atoms. The lowest BCUT2D eigenvalue weighted by atomic mass is 10.2. The molecule has 0 spiro atoms. The van der Waals surface area contributed by atoms with Crippen molar-refractivity contribution in [3.8, 4) is 5.75 Å². The van der Waals surface area contributed by atoms with Crippen LogP contribution in [0.1, 0.15) is 6.92 Å². The lowest BCUT2D eigenvalue weighted by Crippen LogP contribution is -2.50. The summed E-state index contributed by atoms with van der Waals surface area (Å²) in [6.07, 6.45) is -4.66. The van der Waals surface area contributed by atoms with E-state index in [0.717, 1.165) is 13.0 Å². The van der Waals surface area contributed by atoms with Gasteiger partial charge >= 0.3 is 6.18 Å². The van der Waals surface area contributed by atoms with Crippen LogP contribution in [0.25, 0.3) is 0 Å². The van der Waals surface area contributed by atoms with Crippen LogP contribution < -0.4 is 14.4 Å². The predicted octanol–water partition coefficient (Wildman–Crippen LogP) is 4.26. The number of halogens is 5. The molecule has 0 unspecified atom stereocenters. The number of carbonyl (C=O) groups is 1. The van der Waals surface area contributed by atoms with Gasteiger partial charge < -0.3 is 10.1 Å². The van der Waals surface area contributed by atoms with Gasteiger partial charge in [-0.2, -0.15) is 13.2 Å². The number of hydrogen-bond acceptors (Lipinski definition) is 4. The van der Waals surface area contributed by atoms with Crippen LogP contribution in [-0.2, 0) is 14.8 Å². The van der Waals surface area contributed by atoms with E-state index >= 15 is 0 Å². The average molecular weight is 485 g/mol. The van der Waals surface area contributed by atoms with Crippen molar-refractivity contribution in [3.05, 3.63) is 52.5 Å². The SMILES string of the molecule is COc1ccccc1N([C@H](C)C(=O)NCC(F)(F)F)S(=O)(=O)c1ccc(Cl)c(Cl)c1. The van der Waals surface area contributed by atoms with Gasteiger partial charge in [-0.3, -0.25) is 9.10 Å². The normalized spacial score (nSPS) is 12.9. The van der Waals surface area contributed by atoms with Crippen molar-refractivity contribution in [1.82, 2.24) is 5.32 Å². The fourth-order valence-corrected chi connectivity index (χ4v) is 4.57. The summed E-state index contributed by atoms with van der Waals surface area (Å²) >= 11 is 11.8. The van der Waals surface area contributed by atoms with Gasteiger partial charge in [0.25, 0.3) is 10.0 Å². The second-order valence-electron chi connectivity index (χ2n) is 6.06. The Labute approximate surface area is 181 Å². The lowest BCUT2D eigenvalue weighted by molar-refractivity contribution is -0.138. The Hall–Kier alpha value is -2.17. The van der Waals surface area contributed by atoms with Gasteiger partial charge in [0.15, 0.2) is 0 Å². The molecule has 1 N–H and O–H groups in total. The number of nitrogens with one attached hydrogen (secondary N) is 1. The molecule has 6 nitrogen and oxygen atoms in total. The van der Waals surface area contributed by atoms with Crippen LogP contribution >= 0.6 is 23.2 Å². The molecule has 1 amide bonds. The first kappa shape index (κ1) is 24.1. The van der Waals surface area contributed by atoms with E-state index < -0.39 is 34.7 Å². The Balaban J connectivity index is 2.58. The van der Waals surface area contributed by atoms with Crippen molar-refractivity contribution in [2.45, 2.75) is 24.0 Å². The van der Waals surface area contributed by atoms with Crippen LogP contribution in [0.4, 0.5) is 18.9 Å². The van der Waals surface area contributed by atoms with E-state index in [4.69, 9.17) is 27.9 Å². The molecule has 0 radical (unpaired) electrons. The third-order valence-electron chi connectivity index (χ3n) is 3.96. The number of para-hydroxylation sites is 2. The van der Waals surface area contributed by atoms with Gasteiger partial charge in [-0.05, 0) is 37.3 Å². The van der Waals surface area contributed by atoms with Crippen LogP contribution in [0.15, 0.2) is 47.4 Å². The first-order valence-electron chi connectivity index (χ1n) is 8.35. The number of carbonyl (C=O) groups excluding carboxylic acids is 1. The molecule has 0 aliphatic carbocycles. The number of sulfonamides is 1. The van der Waals surface area contributed by atoms with Crippen molar-refractivity contribution < 1.29 is 31.1 Å². The number of rotatable bonds is 7. The lowest BCUT2D eigenvalue weighted by Gasteiger charge is -2.31. The predicted molar refractivity (Wildman–Crippen MR) is 108 cm³/mol. The topological polar surface area (TPSA) is 75.7 Å². The van der Waals surface area contributed by atoms with E-state index in [2.05, 4.69) is 0 Å². The summed E-state index contributed by atoms with van der Waals surface area (Å²) in [5.74, 6) is -1.06. The van der Waals surface area contributed by atoms with Crippen molar-refractivity contribution in [2.75, 3.05) is 18.0 Å². The van der Waals surface area contributed by atoms with Crippen LogP contribution in [-0.4, -0.2) is 40.2 Å². The van der Waals surface area contributed by atoms with Crippen LogP contribution in [0, 0.1) is 0 Å². The number of anilines is 1. The molecule has 2 aromatic carbocycles. The van der Waals surface area contributed by atoms with Crippen LogP contribution in [0.2, 0.25) is 10.0 Å². The van der Waals surface area contributed by atoms with Gasteiger partial charge in [-0.25, -0.2) is 8.42 Å². The number of ether oxygens (including phenoxy) is 1. The summed E-state index contributed by atoms with van der Waals surface area (Å²) in [4.78, 5) is 12.1. The quantitative estimate of drug-likeness (QED) is 0.636. The molecule has 2 rings (SSSR count). The Morgan fingerprint density at radius 1 is 1.17 bits per heavy atom. The zero-order chi connectivity index (χ0) is 22.7. The van der Waals surface area contributed by atoms with Gasteiger partial charge in [-0.15, -0.1) is 0 Å². The highest BCUT2D eigenvalue weighted by molar-refractivity contribution is 7.93. The summed E-state index contributed by atoms with van der Waals surface area (Å²) in [7, 11) is -3.17. The average Bonchev–Trinajstić information content (AvgIpc) is 2.67. The Morgan fingerprint density at radius 2 is 1.80 bits per heavy atom. The van der Waals surface area contributed by atoms with E-state index in [0.29, 0.717) is 4.31 Å². The minimum absolute atomic E-state index is 0.0410. The van der Waals surface area contributed by atoms with Crippen LogP contribution in [0.5, 0.6) is 5.75 Å². The minimum atomic E-state index is -4.66. The molecule has 0 aromatic heterocycles. The molecule has 0 aliphatic rings. The highest BCUT2D eigenvalue weighted by Crippen LogP contribution is 2.35. The molecule has 2 aromatic rings. The van der Waals surface area contributed by atoms with E-state index in [-0.39, 0.29) is 26.4 Å². The van der Waals surface area contributed by atoms with Gasteiger partial charge in [0.1, 0.15) is 18.3 Å². The molecular formula is C18H17Cl2F3N2O4S. The van der Waals surface area contributed by atoms with E-state index in [1.165, 1.54) is 37.4 Å². The van der Waals surface area contributed by atoms with Gasteiger partial charge in [-0.1, -0.05) is 35.3 Å². The van der Waals surface area contributed by atoms with Crippen LogP contribution in [0.3, 0.4) is 0 Å². The summed E-state index contributed by atoms with van der Waals surface area (Å²) < 4.78 is 70.1. The Morgan fingerprint density at radius 3 is 2.37 bits per heavy atom. The number of hydrogen-bond donors (Lipinski definition) is 1. The first-order valence-corrected chi connectivity index (χ1v) is 10.5. The maximum atomic E-state index is 13.4. The molecule has 30 heavy (non-hydrogen) atoms. The van der Waals surface area contributed by atoms with Gasteiger partial charge in [0, 0.05) is 0 Å². The number of amides is 1. The molecule has 164 valence electrons. The van der Waals surface area contributed by atoms with Crippen molar-refractivity contribution in [1.29, 1.82) is 0 Å². The van der Waals surface area contributed by atoms with Crippen molar-refractivity contribution in [3.63, 3.8) is 0 Å². The van der Waals surface area contributed by atoms with E-state index in [9.17, 15) is 26.4 Å². The largest absolute Gasteiger partial charge is 0.495 e. The second kappa shape index (κ2) is 9.32. The molecule has 0 saturated heterocycles. The number of nitrogens with zero attached hydrogens (tertiary/aromatic N) is 1. The van der Waals surface area contributed by atoms with E-state index in [1.54, 1.807) is 11.4 Å². The summed E-state index contributed by atoms with van der Waals surface area (Å²) in [5.41, 5.74) is -0.0410. The van der Waals surface area contributed by atoms with E-state index in [1.807, 2.05) is 0 Å². The second-order valence-corrected chi connectivity index (χ2v) is 8.69. The highest BCUT2D eigenvalue weighted by Gasteiger charge is 2.37. The van der Waals surface area contributed by atoms with Crippen molar-refractivity contribution >= 4 is 44.8 Å². The molecule has 0 fully saturated rings. The zero-order valence-electron chi connectivity index (χ0n) is 15.7. The zero-order valence-corrected chi connectivity index (χ0v) is 18.0. The molecule has 0 saturated carbocycles. The standard InChI is InChI=1S/C18H17Cl2F3N2O4S/c1-11(17(26)24-10-18(21,22)23)25(15-5-3-4-6-16(15)29-2)30(27,28)12-7-8-13(19)14(20)9-12/h3-9,11H,10H2,1-2H3,(H,24,26)/t11-/m1/s1. The maximum absolute atomic E-state index is 13.4. The molecule has 0 aliphatic heterocycles. The smallest absolute Gasteiger partial charge is 0.405 e. The number of methoxy groups -OCH3 is 1. The first-order chi connectivity index (χ1) is 13.9. The maximum Gasteiger partial charge on any atom is 0.405 e. The third kappa shape index (κ3) is 5.50. The summed E-state index contributed by atoms with van der Waals surface area (Å²) in [6.45, 7) is -0.448. The molecule has 1 atom stereocenters. The molecular weight excluding hydrogens is 468 g/mol. The molecule has 12 heteroatoms. The fraction of sp³-hybridized carbons (Fsp3) is 0.278. The summed E-state index contributed by atoms with van der Waals surface area (Å²) in [6, 6.07) is 7.84. The van der Waals surface area contributed by atoms with Crippen molar-refractivity contribution in [2.24, 2.45) is 0 Å². The third-order valence-corrected chi connectivity index (χ3v) is 6.58. The Kier molecular flexibility index (Phi) is 7.49. The highest BCUT2D eigenvalue weighted by atomic mass is 35.5. The number of alkyl halides is 3. The van der Waals surface area contributed by atoms with Gasteiger partial charge in [0.05, 0.1) is 27.7 Å². The number of benzene rings is 2. The molecule has 0 heterocycles. The summed E-state index contributed by atoms with van der Waals surface area (Å²) in [5, 5.41) is 1.75. The van der Waals surface area contributed by atoms with Gasteiger partial charge in [0.2, 0.25) is 5.91 Å². The Bertz CT molecular complexity index is 1030. The monoisotopic (exact) mass is 484 g/mol. The minimum Gasteiger partial charge on any atom is -0.495 e. The fourth-order valence-electron chi connectivity index (χ4n) is 2.55.